The van der Waals surface area contributed by atoms with Crippen LogP contribution < -0.4 is 10.9 Å². The van der Waals surface area contributed by atoms with Crippen LogP contribution in [0.25, 0.3) is 0 Å². The first-order chi connectivity index (χ1) is 9.88. The van der Waals surface area contributed by atoms with Gasteiger partial charge in [-0.05, 0) is 30.0 Å². The number of benzene rings is 1. The van der Waals surface area contributed by atoms with E-state index in [0.29, 0.717) is 11.5 Å². The lowest BCUT2D eigenvalue weighted by Gasteiger charge is -2.08. The first-order valence-corrected chi connectivity index (χ1v) is 6.70. The average molecular weight is 292 g/mol. The van der Waals surface area contributed by atoms with Crippen LogP contribution in [0, 0.1) is 5.92 Å². The van der Waals surface area contributed by atoms with Gasteiger partial charge in [0.25, 0.3) is 5.91 Å². The third kappa shape index (κ3) is 6.56. The first kappa shape index (κ1) is 16.7. The molecule has 0 bridgehead atoms. The Morgan fingerprint density at radius 3 is 2.24 bits per heavy atom. The molecule has 2 amide bonds. The number of carbonyl (C=O) groups is 3. The molecule has 0 aliphatic rings. The Labute approximate surface area is 123 Å². The zero-order valence-corrected chi connectivity index (χ0v) is 12.4. The Morgan fingerprint density at radius 2 is 1.71 bits per heavy atom. The first-order valence-electron chi connectivity index (χ1n) is 6.70. The van der Waals surface area contributed by atoms with Crippen molar-refractivity contribution in [2.24, 2.45) is 5.92 Å². The minimum absolute atomic E-state index is 0.384. The lowest BCUT2D eigenvalue weighted by atomic mass is 10.0. The van der Waals surface area contributed by atoms with Gasteiger partial charge in [0.1, 0.15) is 0 Å². The molecule has 0 aromatic heterocycles. The number of rotatable bonds is 5. The Kier molecular flexibility index (Phi) is 6.39. The van der Waals surface area contributed by atoms with Gasteiger partial charge in [-0.3, -0.25) is 20.4 Å². The van der Waals surface area contributed by atoms with E-state index in [-0.39, 0.29) is 0 Å². The number of hydrogen-bond donors (Lipinski definition) is 2. The Bertz CT molecular complexity index is 509. The van der Waals surface area contributed by atoms with Gasteiger partial charge in [0.05, 0.1) is 5.56 Å². The predicted octanol–water partition coefficient (Wildman–Crippen LogP) is 1.21. The van der Waals surface area contributed by atoms with Crippen LogP contribution in [-0.4, -0.2) is 24.4 Å². The standard InChI is InChI=1S/C15H20N2O4/c1-10(2)8-12-4-6-13(7-5-12)15(20)21-9-14(19)17-16-11(3)18/h4-7,10H,8-9H2,1-3H3,(H,16,18)(H,17,19). The minimum Gasteiger partial charge on any atom is -0.452 e. The molecule has 0 spiro atoms. The normalized spacial score (nSPS) is 10.1. The Hall–Kier alpha value is -2.37. The minimum atomic E-state index is -0.602. The van der Waals surface area contributed by atoms with Crippen LogP contribution >= 0.6 is 0 Å². The van der Waals surface area contributed by atoms with Crippen molar-refractivity contribution >= 4 is 17.8 Å². The van der Waals surface area contributed by atoms with Crippen molar-refractivity contribution in [3.05, 3.63) is 35.4 Å². The molecule has 0 saturated heterocycles. The lowest BCUT2D eigenvalue weighted by Crippen LogP contribution is -2.42. The molecule has 0 aliphatic heterocycles. The van der Waals surface area contributed by atoms with Crippen LogP contribution in [0.5, 0.6) is 0 Å². The Balaban J connectivity index is 2.45. The van der Waals surface area contributed by atoms with Gasteiger partial charge in [0.15, 0.2) is 6.61 Å². The summed E-state index contributed by atoms with van der Waals surface area (Å²) in [5.74, 6) is -1.05. The predicted molar refractivity (Wildman–Crippen MR) is 77.2 cm³/mol. The van der Waals surface area contributed by atoms with Crippen LogP contribution in [-0.2, 0) is 20.7 Å². The molecule has 6 nitrogen and oxygen atoms in total. The van der Waals surface area contributed by atoms with Gasteiger partial charge in [-0.25, -0.2) is 4.79 Å². The van der Waals surface area contributed by atoms with Crippen molar-refractivity contribution in [3.8, 4) is 0 Å². The van der Waals surface area contributed by atoms with Gasteiger partial charge in [-0.15, -0.1) is 0 Å². The van der Waals surface area contributed by atoms with Crippen molar-refractivity contribution in [1.82, 2.24) is 10.9 Å². The fraction of sp³-hybridized carbons (Fsp3) is 0.400. The van der Waals surface area contributed by atoms with Gasteiger partial charge in [0.2, 0.25) is 5.91 Å². The van der Waals surface area contributed by atoms with E-state index in [9.17, 15) is 14.4 Å². The van der Waals surface area contributed by atoms with Crippen molar-refractivity contribution in [2.75, 3.05) is 6.61 Å². The van der Waals surface area contributed by atoms with E-state index < -0.39 is 24.4 Å². The second-order valence-corrected chi connectivity index (χ2v) is 5.10. The molecular weight excluding hydrogens is 272 g/mol. The fourth-order valence-corrected chi connectivity index (χ4v) is 1.66. The zero-order valence-electron chi connectivity index (χ0n) is 12.4. The third-order valence-corrected chi connectivity index (χ3v) is 2.55. The summed E-state index contributed by atoms with van der Waals surface area (Å²) in [5.41, 5.74) is 5.74. The van der Waals surface area contributed by atoms with Crippen molar-refractivity contribution in [2.45, 2.75) is 27.2 Å². The number of esters is 1. The van der Waals surface area contributed by atoms with Gasteiger partial charge < -0.3 is 4.74 Å². The number of amides is 2. The van der Waals surface area contributed by atoms with E-state index >= 15 is 0 Å². The third-order valence-electron chi connectivity index (χ3n) is 2.55. The second-order valence-electron chi connectivity index (χ2n) is 5.10. The van der Waals surface area contributed by atoms with Crippen molar-refractivity contribution < 1.29 is 19.1 Å². The quantitative estimate of drug-likeness (QED) is 0.631. The Morgan fingerprint density at radius 1 is 1.10 bits per heavy atom. The lowest BCUT2D eigenvalue weighted by molar-refractivity contribution is -0.129. The SMILES string of the molecule is CC(=O)NNC(=O)COC(=O)c1ccc(CC(C)C)cc1. The smallest absolute Gasteiger partial charge is 0.338 e. The number of carbonyl (C=O) groups excluding carboxylic acids is 3. The average Bonchev–Trinajstić information content (AvgIpc) is 2.42. The van der Waals surface area contributed by atoms with Crippen LogP contribution in [0.2, 0.25) is 0 Å². The highest BCUT2D eigenvalue weighted by molar-refractivity contribution is 5.91. The van der Waals surface area contributed by atoms with Crippen LogP contribution in [0.1, 0.15) is 36.7 Å². The summed E-state index contributed by atoms with van der Waals surface area (Å²) in [6, 6.07) is 7.08. The summed E-state index contributed by atoms with van der Waals surface area (Å²) in [7, 11) is 0. The van der Waals surface area contributed by atoms with Crippen LogP contribution in [0.4, 0.5) is 0 Å². The number of ether oxygens (including phenoxy) is 1. The van der Waals surface area contributed by atoms with Crippen molar-refractivity contribution in [3.63, 3.8) is 0 Å². The van der Waals surface area contributed by atoms with E-state index in [1.165, 1.54) is 6.92 Å². The second kappa shape index (κ2) is 8.04. The summed E-state index contributed by atoms with van der Waals surface area (Å²) in [6.45, 7) is 5.05. The summed E-state index contributed by atoms with van der Waals surface area (Å²) in [5, 5.41) is 0. The van der Waals surface area contributed by atoms with Crippen LogP contribution in [0.15, 0.2) is 24.3 Å². The van der Waals surface area contributed by atoms with Crippen LogP contribution in [0.3, 0.4) is 0 Å². The maximum absolute atomic E-state index is 11.7. The highest BCUT2D eigenvalue weighted by Crippen LogP contribution is 2.10. The topological polar surface area (TPSA) is 84.5 Å². The van der Waals surface area contributed by atoms with E-state index in [0.717, 1.165) is 12.0 Å². The van der Waals surface area contributed by atoms with E-state index in [1.54, 1.807) is 12.1 Å². The molecule has 6 heteroatoms. The zero-order chi connectivity index (χ0) is 15.8. The molecule has 0 saturated carbocycles. The molecule has 0 radical (unpaired) electrons. The molecule has 114 valence electrons. The maximum atomic E-state index is 11.7. The van der Waals surface area contributed by atoms with Gasteiger partial charge in [-0.2, -0.15) is 0 Å². The number of hydrogen-bond acceptors (Lipinski definition) is 4. The molecule has 1 aromatic carbocycles. The maximum Gasteiger partial charge on any atom is 0.338 e. The molecular formula is C15H20N2O4. The number of nitrogens with one attached hydrogen (secondary N) is 2. The van der Waals surface area contributed by atoms with Gasteiger partial charge >= 0.3 is 5.97 Å². The summed E-state index contributed by atoms with van der Waals surface area (Å²) in [6.07, 6.45) is 0.939. The fourth-order valence-electron chi connectivity index (χ4n) is 1.66. The van der Waals surface area contributed by atoms with Gasteiger partial charge in [-0.1, -0.05) is 26.0 Å². The highest BCUT2D eigenvalue weighted by atomic mass is 16.5. The van der Waals surface area contributed by atoms with E-state index in [1.807, 2.05) is 12.1 Å². The van der Waals surface area contributed by atoms with Crippen molar-refractivity contribution in [1.29, 1.82) is 0 Å². The molecule has 2 N–H and O–H groups in total. The summed E-state index contributed by atoms with van der Waals surface area (Å²) < 4.78 is 4.84. The van der Waals surface area contributed by atoms with E-state index in [4.69, 9.17) is 4.74 Å². The molecule has 0 atom stereocenters. The largest absolute Gasteiger partial charge is 0.452 e. The van der Waals surface area contributed by atoms with Gasteiger partial charge in [0, 0.05) is 6.92 Å². The monoisotopic (exact) mass is 292 g/mol. The highest BCUT2D eigenvalue weighted by Gasteiger charge is 2.10. The molecule has 0 unspecified atom stereocenters. The molecule has 1 rings (SSSR count). The van der Waals surface area contributed by atoms with E-state index in [2.05, 4.69) is 24.7 Å². The molecule has 0 heterocycles. The number of hydrazine groups is 1. The molecule has 0 fully saturated rings. The summed E-state index contributed by atoms with van der Waals surface area (Å²) in [4.78, 5) is 33.6. The summed E-state index contributed by atoms with van der Waals surface area (Å²) >= 11 is 0. The molecule has 0 aliphatic carbocycles. The molecule has 21 heavy (non-hydrogen) atoms. The molecule has 1 aromatic rings.